The Labute approximate surface area is 230 Å². The third-order valence-electron chi connectivity index (χ3n) is 7.63. The Morgan fingerprint density at radius 2 is 1.90 bits per heavy atom. The number of carbonyl (C=O) groups is 2. The van der Waals surface area contributed by atoms with Crippen molar-refractivity contribution in [3.63, 3.8) is 0 Å². The number of carboxylic acid groups (broad SMARTS) is 1. The third kappa shape index (κ3) is 6.42. The number of amides is 1. The van der Waals surface area contributed by atoms with Crippen molar-refractivity contribution in [3.05, 3.63) is 17.7 Å². The van der Waals surface area contributed by atoms with Crippen LogP contribution in [0.1, 0.15) is 58.4 Å². The van der Waals surface area contributed by atoms with Gasteiger partial charge in [0.05, 0.1) is 39.4 Å². The van der Waals surface area contributed by atoms with Gasteiger partial charge in [0.2, 0.25) is 12.5 Å². The zero-order valence-electron chi connectivity index (χ0n) is 23.6. The molecule has 2 saturated heterocycles. The quantitative estimate of drug-likeness (QED) is 0.367. The van der Waals surface area contributed by atoms with Crippen LogP contribution in [0.2, 0.25) is 0 Å². The number of hydrogen-bond donors (Lipinski definition) is 1. The van der Waals surface area contributed by atoms with Crippen LogP contribution in [0.25, 0.3) is 0 Å². The van der Waals surface area contributed by atoms with Crippen molar-refractivity contribution in [2.24, 2.45) is 11.3 Å². The lowest BCUT2D eigenvalue weighted by Crippen LogP contribution is -2.47. The predicted octanol–water partition coefficient (Wildman–Crippen LogP) is 3.26. The third-order valence-corrected chi connectivity index (χ3v) is 7.63. The van der Waals surface area contributed by atoms with Crippen LogP contribution >= 0.6 is 0 Å². The number of carbonyl (C=O) groups excluding carboxylic acids is 1. The number of benzene rings is 1. The first-order chi connectivity index (χ1) is 18.7. The fraction of sp³-hybridized carbons (Fsp3) is 0.714. The standard InChI is InChI=1S/C28H42N2O9/c1-6-8-30(39-9-7-2)23(31)16-29-15-19(18-12-21(34-5)25-22(13-18)37-17-38-25)24(26(32)33)20(29)14-28(3,4)27-35-10-11-36-27/h12-13,19-20,24,27H,6-11,14-17H2,1-5H3,(H,32,33)/t19-,20+,24?/m1/s1. The van der Waals surface area contributed by atoms with Gasteiger partial charge in [0, 0.05) is 30.5 Å². The number of ether oxygens (including phenoxy) is 5. The Balaban J connectivity index is 1.67. The van der Waals surface area contributed by atoms with Crippen molar-refractivity contribution >= 4 is 11.9 Å². The van der Waals surface area contributed by atoms with Crippen LogP contribution in [0, 0.1) is 11.3 Å². The molecule has 0 radical (unpaired) electrons. The molecule has 3 aliphatic rings. The molecule has 1 aromatic carbocycles. The van der Waals surface area contributed by atoms with E-state index in [1.54, 1.807) is 7.11 Å². The molecule has 39 heavy (non-hydrogen) atoms. The SMILES string of the molecule is CCCON(CCC)C(=O)CN1C[C@H](c2cc(OC)c3c(c2)OCO3)C(C(=O)O)[C@@H]1CC(C)(C)C1OCCO1. The summed E-state index contributed by atoms with van der Waals surface area (Å²) in [4.78, 5) is 34.1. The van der Waals surface area contributed by atoms with E-state index in [-0.39, 0.29) is 19.2 Å². The van der Waals surface area contributed by atoms with E-state index in [1.165, 1.54) is 5.06 Å². The fourth-order valence-corrected chi connectivity index (χ4v) is 5.81. The van der Waals surface area contributed by atoms with E-state index < -0.39 is 35.6 Å². The number of hydrogen-bond acceptors (Lipinski definition) is 9. The van der Waals surface area contributed by atoms with Gasteiger partial charge in [0.1, 0.15) is 0 Å². The van der Waals surface area contributed by atoms with Gasteiger partial charge in [-0.15, -0.1) is 0 Å². The second-order valence-corrected chi connectivity index (χ2v) is 11.0. The Kier molecular flexibility index (Phi) is 9.58. The number of carboxylic acids is 1. The highest BCUT2D eigenvalue weighted by atomic mass is 16.7. The number of rotatable bonds is 13. The number of hydroxylamine groups is 2. The maximum atomic E-state index is 13.4. The molecule has 3 heterocycles. The van der Waals surface area contributed by atoms with Crippen LogP contribution in [0.15, 0.2) is 12.1 Å². The fourth-order valence-electron chi connectivity index (χ4n) is 5.81. The molecule has 11 nitrogen and oxygen atoms in total. The van der Waals surface area contributed by atoms with Gasteiger partial charge in [-0.3, -0.25) is 19.3 Å². The highest BCUT2D eigenvalue weighted by molar-refractivity contribution is 5.78. The molecule has 0 aromatic heterocycles. The molecule has 2 fully saturated rings. The number of likely N-dealkylation sites (tertiary alicyclic amines) is 1. The van der Waals surface area contributed by atoms with Crippen molar-refractivity contribution in [2.75, 3.05) is 53.4 Å². The minimum atomic E-state index is -0.923. The first-order valence-electron chi connectivity index (χ1n) is 13.8. The van der Waals surface area contributed by atoms with E-state index in [2.05, 4.69) is 0 Å². The van der Waals surface area contributed by atoms with E-state index in [9.17, 15) is 14.7 Å². The average Bonchev–Trinajstić information content (AvgIpc) is 3.66. The van der Waals surface area contributed by atoms with E-state index in [1.807, 2.05) is 44.7 Å². The minimum Gasteiger partial charge on any atom is -0.493 e. The number of aliphatic carboxylic acids is 1. The summed E-state index contributed by atoms with van der Waals surface area (Å²) in [5.74, 6) is -0.793. The van der Waals surface area contributed by atoms with Crippen molar-refractivity contribution < 1.29 is 43.2 Å². The highest BCUT2D eigenvalue weighted by Gasteiger charge is 2.51. The molecule has 1 amide bonds. The van der Waals surface area contributed by atoms with E-state index in [0.717, 1.165) is 18.4 Å². The molecule has 1 unspecified atom stereocenters. The smallest absolute Gasteiger partial charge is 0.308 e. The van der Waals surface area contributed by atoms with Gasteiger partial charge in [-0.05, 0) is 37.0 Å². The van der Waals surface area contributed by atoms with Crippen LogP contribution in [-0.2, 0) is 23.9 Å². The van der Waals surface area contributed by atoms with Crippen molar-refractivity contribution in [1.82, 2.24) is 9.96 Å². The number of fused-ring (bicyclic) bond motifs is 1. The van der Waals surface area contributed by atoms with E-state index in [0.29, 0.717) is 56.6 Å². The second kappa shape index (κ2) is 12.7. The Hall–Kier alpha value is -2.60. The van der Waals surface area contributed by atoms with Crippen LogP contribution in [0.3, 0.4) is 0 Å². The lowest BCUT2D eigenvalue weighted by molar-refractivity contribution is -0.188. The normalized spacial score (nSPS) is 23.4. The summed E-state index contributed by atoms with van der Waals surface area (Å²) in [6, 6.07) is 3.19. The summed E-state index contributed by atoms with van der Waals surface area (Å²) in [7, 11) is 1.54. The predicted molar refractivity (Wildman–Crippen MR) is 141 cm³/mol. The van der Waals surface area contributed by atoms with Crippen molar-refractivity contribution in [2.45, 2.75) is 65.2 Å². The molecule has 0 saturated carbocycles. The largest absolute Gasteiger partial charge is 0.493 e. The maximum Gasteiger partial charge on any atom is 0.308 e. The molecule has 0 bridgehead atoms. The first kappa shape index (κ1) is 29.4. The summed E-state index contributed by atoms with van der Waals surface area (Å²) < 4.78 is 28.3. The minimum absolute atomic E-state index is 0.0405. The molecular formula is C28H42N2O9. The van der Waals surface area contributed by atoms with Crippen molar-refractivity contribution in [1.29, 1.82) is 0 Å². The van der Waals surface area contributed by atoms with Gasteiger partial charge in [0.15, 0.2) is 17.8 Å². The Morgan fingerprint density at radius 1 is 1.15 bits per heavy atom. The molecule has 218 valence electrons. The van der Waals surface area contributed by atoms with Crippen LogP contribution < -0.4 is 14.2 Å². The summed E-state index contributed by atoms with van der Waals surface area (Å²) >= 11 is 0. The molecule has 1 N–H and O–H groups in total. The molecule has 3 aliphatic heterocycles. The molecule has 1 aromatic rings. The highest BCUT2D eigenvalue weighted by Crippen LogP contribution is 2.48. The molecule has 11 heteroatoms. The van der Waals surface area contributed by atoms with Gasteiger partial charge in [0.25, 0.3) is 5.91 Å². The van der Waals surface area contributed by atoms with Crippen LogP contribution in [0.4, 0.5) is 0 Å². The first-order valence-corrected chi connectivity index (χ1v) is 13.8. The lowest BCUT2D eigenvalue weighted by atomic mass is 9.77. The zero-order valence-corrected chi connectivity index (χ0v) is 23.6. The van der Waals surface area contributed by atoms with E-state index >= 15 is 0 Å². The number of methoxy groups -OCH3 is 1. The molecular weight excluding hydrogens is 508 g/mol. The zero-order chi connectivity index (χ0) is 28.2. The number of nitrogens with zero attached hydrogens (tertiary/aromatic N) is 2. The molecule has 0 aliphatic carbocycles. The molecule has 4 rings (SSSR count). The monoisotopic (exact) mass is 550 g/mol. The van der Waals surface area contributed by atoms with Crippen molar-refractivity contribution in [3.8, 4) is 17.2 Å². The Morgan fingerprint density at radius 3 is 2.54 bits per heavy atom. The average molecular weight is 551 g/mol. The van der Waals surface area contributed by atoms with Gasteiger partial charge in [-0.2, -0.15) is 0 Å². The Bertz CT molecular complexity index is 1010. The van der Waals surface area contributed by atoms with Crippen LogP contribution in [-0.4, -0.2) is 92.6 Å². The van der Waals surface area contributed by atoms with Crippen LogP contribution in [0.5, 0.6) is 17.2 Å². The summed E-state index contributed by atoms with van der Waals surface area (Å²) in [5, 5.41) is 12.0. The van der Waals surface area contributed by atoms with Gasteiger partial charge >= 0.3 is 5.97 Å². The molecule has 3 atom stereocenters. The van der Waals surface area contributed by atoms with Gasteiger partial charge in [-0.25, -0.2) is 5.06 Å². The van der Waals surface area contributed by atoms with Gasteiger partial charge < -0.3 is 28.8 Å². The summed E-state index contributed by atoms with van der Waals surface area (Å²) in [5.41, 5.74) is 0.279. The summed E-state index contributed by atoms with van der Waals surface area (Å²) in [6.45, 7) is 10.4. The summed E-state index contributed by atoms with van der Waals surface area (Å²) in [6.07, 6.45) is 1.55. The second-order valence-electron chi connectivity index (χ2n) is 11.0. The maximum absolute atomic E-state index is 13.4. The topological polar surface area (TPSA) is 116 Å². The molecule has 0 spiro atoms. The lowest BCUT2D eigenvalue weighted by Gasteiger charge is -2.37. The van der Waals surface area contributed by atoms with E-state index in [4.69, 9.17) is 28.5 Å². The van der Waals surface area contributed by atoms with Gasteiger partial charge in [-0.1, -0.05) is 27.7 Å².